The van der Waals surface area contributed by atoms with Crippen LogP contribution in [0.5, 0.6) is 17.2 Å². The summed E-state index contributed by atoms with van der Waals surface area (Å²) in [5, 5.41) is 37.7. The van der Waals surface area contributed by atoms with Gasteiger partial charge in [-0.05, 0) is 82.3 Å². The molecule has 6 aromatic rings. The lowest BCUT2D eigenvalue weighted by Crippen LogP contribution is -1.97. The first-order valence-electron chi connectivity index (χ1n) is 16.1. The first-order chi connectivity index (χ1) is 22.4. The van der Waals surface area contributed by atoms with Crippen LogP contribution in [0.15, 0.2) is 115 Å². The number of benzene rings is 6. The minimum absolute atomic E-state index is 0.322. The summed E-state index contributed by atoms with van der Waals surface area (Å²) in [5.74, 6) is -1.19. The highest BCUT2D eigenvalue weighted by Gasteiger charge is 2.27. The summed E-state index contributed by atoms with van der Waals surface area (Å²) in [6.45, 7) is 13.8. The van der Waals surface area contributed by atoms with Gasteiger partial charge in [0.2, 0.25) is 5.75 Å². The lowest BCUT2D eigenvalue weighted by molar-refractivity contribution is 0.367. The quantitative estimate of drug-likeness (QED) is 0.135. The van der Waals surface area contributed by atoms with E-state index in [2.05, 4.69) is 48.5 Å². The van der Waals surface area contributed by atoms with Crippen molar-refractivity contribution < 1.29 is 15.3 Å². The first-order valence-corrected chi connectivity index (χ1v) is 16.1. The maximum atomic E-state index is 11.6. The van der Waals surface area contributed by atoms with Crippen molar-refractivity contribution in [2.45, 2.75) is 48.5 Å². The van der Waals surface area contributed by atoms with Gasteiger partial charge in [-0.1, -0.05) is 137 Å². The molecule has 0 fully saturated rings. The van der Waals surface area contributed by atoms with Crippen LogP contribution in [0.25, 0.3) is 61.0 Å². The van der Waals surface area contributed by atoms with Crippen molar-refractivity contribution >= 4 is 27.6 Å². The van der Waals surface area contributed by atoms with Crippen LogP contribution in [0.1, 0.15) is 51.3 Å². The molecule has 0 aromatic heterocycles. The standard InChI is InChI=1S/C39H32O3.2C2H6/c1-4-5-6-16-29-23-33(28-21-20-26-14-8-9-15-27(26)22-28)31-18-11-12-19-32(31)35(29)36-34(30-17-10-7-13-24(30)2)25(3)37(40)39(42)38(36)41;2*1-2/h4-23,40-42H,1-3H3;2*1-2H3/b5-4-,16-6-;;. The summed E-state index contributed by atoms with van der Waals surface area (Å²) < 4.78 is 0. The minimum Gasteiger partial charge on any atom is -0.504 e. The van der Waals surface area contributed by atoms with Gasteiger partial charge in [-0.15, -0.1) is 0 Å². The van der Waals surface area contributed by atoms with E-state index in [0.29, 0.717) is 16.7 Å². The van der Waals surface area contributed by atoms with Gasteiger partial charge in [0.1, 0.15) is 0 Å². The van der Waals surface area contributed by atoms with Gasteiger partial charge in [0.25, 0.3) is 0 Å². The van der Waals surface area contributed by atoms with E-state index in [4.69, 9.17) is 0 Å². The summed E-state index contributed by atoms with van der Waals surface area (Å²) in [5.41, 5.74) is 7.36. The molecule has 0 heterocycles. The molecule has 0 aliphatic carbocycles. The second kappa shape index (κ2) is 15.1. The zero-order valence-corrected chi connectivity index (χ0v) is 27.9. The third kappa shape index (κ3) is 6.27. The molecule has 46 heavy (non-hydrogen) atoms. The molecule has 0 amide bonds. The lowest BCUT2D eigenvalue weighted by atomic mass is 9.82. The Balaban J connectivity index is 0.00000116. The van der Waals surface area contributed by atoms with Crippen LogP contribution in [0.4, 0.5) is 0 Å². The number of hydrogen-bond acceptors (Lipinski definition) is 3. The molecule has 0 saturated heterocycles. The monoisotopic (exact) mass is 608 g/mol. The van der Waals surface area contributed by atoms with Crippen LogP contribution >= 0.6 is 0 Å². The molecular weight excluding hydrogens is 564 g/mol. The van der Waals surface area contributed by atoms with Gasteiger partial charge in [-0.3, -0.25) is 0 Å². The molecule has 6 aromatic carbocycles. The second-order valence-electron chi connectivity index (χ2n) is 10.6. The number of aromatic hydroxyl groups is 3. The van der Waals surface area contributed by atoms with Crippen LogP contribution in [0.2, 0.25) is 0 Å². The smallest absolute Gasteiger partial charge is 0.201 e. The molecule has 0 saturated carbocycles. The number of hydrogen-bond donors (Lipinski definition) is 3. The Kier molecular flexibility index (Phi) is 11.1. The first kappa shape index (κ1) is 33.6. The highest BCUT2D eigenvalue weighted by atomic mass is 16.3. The third-order valence-corrected chi connectivity index (χ3v) is 8.04. The van der Waals surface area contributed by atoms with Crippen molar-refractivity contribution in [2.24, 2.45) is 0 Å². The Hall–Kier alpha value is -5.28. The van der Waals surface area contributed by atoms with Crippen LogP contribution in [0.3, 0.4) is 0 Å². The fraction of sp³-hybridized carbons (Fsp3) is 0.163. The minimum atomic E-state index is -0.522. The number of allylic oxidation sites excluding steroid dienone is 3. The van der Waals surface area contributed by atoms with Crippen molar-refractivity contribution in [2.75, 3.05) is 0 Å². The van der Waals surface area contributed by atoms with E-state index in [1.807, 2.05) is 114 Å². The average molecular weight is 609 g/mol. The molecule has 3 nitrogen and oxygen atoms in total. The number of phenols is 3. The van der Waals surface area contributed by atoms with Crippen LogP contribution < -0.4 is 0 Å². The van der Waals surface area contributed by atoms with E-state index in [1.54, 1.807) is 6.92 Å². The van der Waals surface area contributed by atoms with Crippen molar-refractivity contribution in [3.05, 3.63) is 132 Å². The topological polar surface area (TPSA) is 60.7 Å². The summed E-state index contributed by atoms with van der Waals surface area (Å²) in [6, 6.07) is 33.1. The second-order valence-corrected chi connectivity index (χ2v) is 10.6. The van der Waals surface area contributed by atoms with Crippen LogP contribution in [-0.4, -0.2) is 15.3 Å². The molecule has 6 rings (SSSR count). The molecule has 234 valence electrons. The summed E-state index contributed by atoms with van der Waals surface area (Å²) in [6.07, 6.45) is 7.95. The van der Waals surface area contributed by atoms with Gasteiger partial charge in [0.15, 0.2) is 11.5 Å². The number of aryl methyl sites for hydroxylation is 1. The van der Waals surface area contributed by atoms with Crippen molar-refractivity contribution in [1.82, 2.24) is 0 Å². The van der Waals surface area contributed by atoms with E-state index < -0.39 is 5.75 Å². The van der Waals surface area contributed by atoms with Gasteiger partial charge in [0.05, 0.1) is 0 Å². The van der Waals surface area contributed by atoms with Crippen LogP contribution in [-0.2, 0) is 0 Å². The lowest BCUT2D eigenvalue weighted by Gasteiger charge is -2.23. The highest BCUT2D eigenvalue weighted by Crippen LogP contribution is 2.54. The van der Waals surface area contributed by atoms with Gasteiger partial charge in [-0.2, -0.15) is 0 Å². The van der Waals surface area contributed by atoms with Gasteiger partial charge >= 0.3 is 0 Å². The Labute approximate surface area is 273 Å². The zero-order chi connectivity index (χ0) is 33.4. The Morgan fingerprint density at radius 1 is 0.522 bits per heavy atom. The largest absolute Gasteiger partial charge is 0.504 e. The molecule has 0 spiro atoms. The molecule has 3 N–H and O–H groups in total. The van der Waals surface area contributed by atoms with E-state index in [9.17, 15) is 15.3 Å². The van der Waals surface area contributed by atoms with E-state index in [-0.39, 0.29) is 11.5 Å². The Morgan fingerprint density at radius 2 is 1.15 bits per heavy atom. The van der Waals surface area contributed by atoms with Gasteiger partial charge < -0.3 is 15.3 Å². The predicted octanol–water partition coefficient (Wildman–Crippen LogP) is 12.4. The van der Waals surface area contributed by atoms with Crippen molar-refractivity contribution in [3.63, 3.8) is 0 Å². The van der Waals surface area contributed by atoms with E-state index >= 15 is 0 Å². The summed E-state index contributed by atoms with van der Waals surface area (Å²) in [7, 11) is 0. The van der Waals surface area contributed by atoms with Crippen molar-refractivity contribution in [3.8, 4) is 50.6 Å². The Bertz CT molecular complexity index is 2050. The maximum absolute atomic E-state index is 11.6. The molecule has 0 atom stereocenters. The molecule has 0 unspecified atom stereocenters. The number of phenolic OH excluding ortho intramolecular Hbond substituents is 3. The maximum Gasteiger partial charge on any atom is 0.201 e. The fourth-order valence-corrected chi connectivity index (χ4v) is 5.94. The predicted molar refractivity (Wildman–Crippen MR) is 199 cm³/mol. The highest BCUT2D eigenvalue weighted by molar-refractivity contribution is 6.12. The molecule has 3 heteroatoms. The Morgan fingerprint density at radius 3 is 1.85 bits per heavy atom. The molecule has 0 aliphatic heterocycles. The zero-order valence-electron chi connectivity index (χ0n) is 27.9. The van der Waals surface area contributed by atoms with Crippen LogP contribution in [0, 0.1) is 13.8 Å². The van der Waals surface area contributed by atoms with Gasteiger partial charge in [0, 0.05) is 22.3 Å². The fourth-order valence-electron chi connectivity index (χ4n) is 5.94. The molecule has 0 radical (unpaired) electrons. The normalized spacial score (nSPS) is 11.0. The third-order valence-electron chi connectivity index (χ3n) is 8.04. The molecule has 0 bridgehead atoms. The summed E-state index contributed by atoms with van der Waals surface area (Å²) in [4.78, 5) is 0. The van der Waals surface area contributed by atoms with E-state index in [1.165, 1.54) is 5.39 Å². The number of fused-ring (bicyclic) bond motifs is 2. The van der Waals surface area contributed by atoms with Gasteiger partial charge in [-0.25, -0.2) is 0 Å². The number of rotatable bonds is 5. The SMILES string of the molecule is C/C=C\C=C/c1cc(-c2ccc3ccccc3c2)c2ccccc2c1-c1c(O)c(O)c(O)c(C)c1-c1ccccc1C.CC.CC. The molecule has 0 aliphatic rings. The average Bonchev–Trinajstić information content (AvgIpc) is 3.11. The summed E-state index contributed by atoms with van der Waals surface area (Å²) >= 11 is 0. The molecular formula is C43H44O3. The van der Waals surface area contributed by atoms with Crippen molar-refractivity contribution in [1.29, 1.82) is 0 Å². The van der Waals surface area contributed by atoms with E-state index in [0.717, 1.165) is 49.5 Å².